The van der Waals surface area contributed by atoms with Gasteiger partial charge in [0.25, 0.3) is 0 Å². The van der Waals surface area contributed by atoms with Gasteiger partial charge in [0.15, 0.2) is 11.9 Å². The second-order valence-corrected chi connectivity index (χ2v) is 8.12. The topological polar surface area (TPSA) is 101 Å². The summed E-state index contributed by atoms with van der Waals surface area (Å²) >= 11 is 0. The molecule has 8 heteroatoms. The average Bonchev–Trinajstić information content (AvgIpc) is 2.82. The van der Waals surface area contributed by atoms with E-state index in [1.807, 2.05) is 13.8 Å². The van der Waals surface area contributed by atoms with Gasteiger partial charge in [-0.2, -0.15) is 0 Å². The van der Waals surface area contributed by atoms with Gasteiger partial charge >= 0.3 is 11.9 Å². The number of aliphatic carboxylic acids is 1. The van der Waals surface area contributed by atoms with E-state index in [0.29, 0.717) is 0 Å². The van der Waals surface area contributed by atoms with E-state index in [1.165, 1.54) is 0 Å². The SMILES string of the molecule is CC1C(OC(=O)CCC(=O)O)OC2OC3(C)CCC4CCCC1C42OO3. The van der Waals surface area contributed by atoms with Crippen LogP contribution in [0.15, 0.2) is 0 Å². The molecule has 26 heavy (non-hydrogen) atoms. The second-order valence-electron chi connectivity index (χ2n) is 8.12. The first-order valence-corrected chi connectivity index (χ1v) is 9.45. The number of hydrogen-bond donors (Lipinski definition) is 1. The molecule has 0 aromatic rings. The number of fused-ring (bicyclic) bond motifs is 2. The van der Waals surface area contributed by atoms with E-state index in [2.05, 4.69) is 0 Å². The van der Waals surface area contributed by atoms with Gasteiger partial charge in [0.1, 0.15) is 0 Å². The summed E-state index contributed by atoms with van der Waals surface area (Å²) in [5, 5.41) is 8.73. The molecule has 7 atom stereocenters. The van der Waals surface area contributed by atoms with Crippen molar-refractivity contribution in [3.05, 3.63) is 0 Å². The van der Waals surface area contributed by atoms with Crippen LogP contribution in [-0.4, -0.2) is 41.0 Å². The lowest BCUT2D eigenvalue weighted by molar-refractivity contribution is -0.575. The second kappa shape index (κ2) is 6.44. The Kier molecular flexibility index (Phi) is 4.50. The number of carbonyl (C=O) groups excluding carboxylic acids is 1. The van der Waals surface area contributed by atoms with Gasteiger partial charge in [0, 0.05) is 18.3 Å². The van der Waals surface area contributed by atoms with E-state index in [1.54, 1.807) is 0 Å². The third-order valence-corrected chi connectivity index (χ3v) is 6.43. The standard InChI is InChI=1S/C18H26O8/c1-10-12-5-3-4-11-8-9-17(2)24-16(18(11,12)26-25-17)23-15(10)22-14(21)7-6-13(19)20/h10-12,15-16H,3-9H2,1-2H3,(H,19,20). The van der Waals surface area contributed by atoms with Crippen LogP contribution in [0.5, 0.6) is 0 Å². The summed E-state index contributed by atoms with van der Waals surface area (Å²) in [6.07, 6.45) is 2.84. The molecule has 4 saturated heterocycles. The van der Waals surface area contributed by atoms with Gasteiger partial charge in [-0.3, -0.25) is 9.59 Å². The lowest BCUT2D eigenvalue weighted by Crippen LogP contribution is -2.69. The highest BCUT2D eigenvalue weighted by atomic mass is 17.3. The monoisotopic (exact) mass is 370 g/mol. The predicted octanol–water partition coefficient (Wildman–Crippen LogP) is 2.36. The number of carboxylic acids is 1. The average molecular weight is 370 g/mol. The van der Waals surface area contributed by atoms with Crippen molar-refractivity contribution in [1.82, 2.24) is 0 Å². The van der Waals surface area contributed by atoms with E-state index in [-0.39, 0.29) is 30.6 Å². The summed E-state index contributed by atoms with van der Waals surface area (Å²) < 4.78 is 17.7. The molecule has 2 bridgehead atoms. The minimum Gasteiger partial charge on any atom is -0.481 e. The van der Waals surface area contributed by atoms with Crippen LogP contribution in [0.25, 0.3) is 0 Å². The Morgan fingerprint density at radius 2 is 2.00 bits per heavy atom. The Morgan fingerprint density at radius 3 is 2.77 bits per heavy atom. The predicted molar refractivity (Wildman–Crippen MR) is 85.2 cm³/mol. The fourth-order valence-corrected chi connectivity index (χ4v) is 5.06. The number of hydrogen-bond acceptors (Lipinski definition) is 7. The van der Waals surface area contributed by atoms with Gasteiger partial charge < -0.3 is 19.3 Å². The fourth-order valence-electron chi connectivity index (χ4n) is 5.06. The Bertz CT molecular complexity index is 594. The highest BCUT2D eigenvalue weighted by molar-refractivity contribution is 5.76. The van der Waals surface area contributed by atoms with Crippen molar-refractivity contribution in [3.63, 3.8) is 0 Å². The minimum absolute atomic E-state index is 0.0833. The smallest absolute Gasteiger partial charge is 0.308 e. The van der Waals surface area contributed by atoms with Crippen LogP contribution in [0.4, 0.5) is 0 Å². The normalized spacial score (nSPS) is 46.9. The Morgan fingerprint density at radius 1 is 1.19 bits per heavy atom. The van der Waals surface area contributed by atoms with Gasteiger partial charge in [-0.1, -0.05) is 13.3 Å². The third kappa shape index (κ3) is 2.83. The number of ether oxygens (including phenoxy) is 3. The molecule has 1 saturated carbocycles. The molecule has 4 heterocycles. The van der Waals surface area contributed by atoms with Crippen LogP contribution in [-0.2, 0) is 33.6 Å². The van der Waals surface area contributed by atoms with E-state index in [0.717, 1.165) is 32.1 Å². The number of carbonyl (C=O) groups is 2. The largest absolute Gasteiger partial charge is 0.481 e. The maximum absolute atomic E-state index is 12.0. The highest BCUT2D eigenvalue weighted by Crippen LogP contribution is 2.59. The Hall–Kier alpha value is -1.22. The van der Waals surface area contributed by atoms with Gasteiger partial charge in [-0.25, -0.2) is 9.78 Å². The molecule has 7 unspecified atom stereocenters. The van der Waals surface area contributed by atoms with E-state index < -0.39 is 35.9 Å². The van der Waals surface area contributed by atoms with Gasteiger partial charge in [-0.05, 0) is 32.1 Å². The van der Waals surface area contributed by atoms with Crippen LogP contribution >= 0.6 is 0 Å². The molecule has 5 aliphatic rings. The first-order valence-electron chi connectivity index (χ1n) is 9.45. The zero-order valence-corrected chi connectivity index (χ0v) is 15.1. The maximum Gasteiger partial charge on any atom is 0.308 e. The third-order valence-electron chi connectivity index (χ3n) is 6.43. The van der Waals surface area contributed by atoms with Crippen molar-refractivity contribution in [2.24, 2.45) is 17.8 Å². The van der Waals surface area contributed by atoms with Crippen molar-refractivity contribution in [3.8, 4) is 0 Å². The van der Waals surface area contributed by atoms with Gasteiger partial charge in [-0.15, -0.1) is 0 Å². The molecule has 0 aromatic carbocycles. The van der Waals surface area contributed by atoms with E-state index in [9.17, 15) is 9.59 Å². The molecule has 146 valence electrons. The molecule has 0 amide bonds. The first-order chi connectivity index (χ1) is 12.3. The number of esters is 1. The summed E-state index contributed by atoms with van der Waals surface area (Å²) in [4.78, 5) is 34.3. The summed E-state index contributed by atoms with van der Waals surface area (Å²) in [5.74, 6) is -2.21. The quantitative estimate of drug-likeness (QED) is 0.594. The fraction of sp³-hybridized carbons (Fsp3) is 0.889. The summed E-state index contributed by atoms with van der Waals surface area (Å²) in [5.41, 5.74) is -0.669. The molecular weight excluding hydrogens is 344 g/mol. The summed E-state index contributed by atoms with van der Waals surface area (Å²) in [6.45, 7) is 3.82. The van der Waals surface area contributed by atoms with Gasteiger partial charge in [0.2, 0.25) is 12.1 Å². The molecule has 1 aliphatic carbocycles. The first kappa shape index (κ1) is 18.2. The van der Waals surface area contributed by atoms with Crippen LogP contribution in [0.3, 0.4) is 0 Å². The number of rotatable bonds is 4. The molecular formula is C18H26O8. The summed E-state index contributed by atoms with van der Waals surface area (Å²) in [7, 11) is 0. The van der Waals surface area contributed by atoms with Crippen molar-refractivity contribution < 1.29 is 38.7 Å². The molecule has 1 spiro atoms. The molecule has 4 aliphatic heterocycles. The van der Waals surface area contributed by atoms with Crippen LogP contribution in [0, 0.1) is 17.8 Å². The van der Waals surface area contributed by atoms with Crippen LogP contribution < -0.4 is 0 Å². The van der Waals surface area contributed by atoms with Crippen molar-refractivity contribution in [1.29, 1.82) is 0 Å². The van der Waals surface area contributed by atoms with Crippen LogP contribution in [0.2, 0.25) is 0 Å². The van der Waals surface area contributed by atoms with Crippen LogP contribution in [0.1, 0.15) is 58.8 Å². The molecule has 0 aromatic heterocycles. The lowest BCUT2D eigenvalue weighted by atomic mass is 9.61. The zero-order valence-electron chi connectivity index (χ0n) is 15.1. The maximum atomic E-state index is 12.0. The molecule has 5 fully saturated rings. The van der Waals surface area contributed by atoms with Crippen molar-refractivity contribution in [2.75, 3.05) is 0 Å². The number of carboxylic acid groups (broad SMARTS) is 1. The van der Waals surface area contributed by atoms with Gasteiger partial charge in [0.05, 0.1) is 12.8 Å². The Labute approximate surface area is 152 Å². The van der Waals surface area contributed by atoms with Crippen molar-refractivity contribution >= 4 is 11.9 Å². The van der Waals surface area contributed by atoms with Crippen molar-refractivity contribution in [2.45, 2.75) is 82.8 Å². The molecule has 5 rings (SSSR count). The summed E-state index contributed by atoms with van der Waals surface area (Å²) in [6, 6.07) is 0. The molecule has 1 N–H and O–H groups in total. The lowest BCUT2D eigenvalue weighted by Gasteiger charge is -2.58. The van der Waals surface area contributed by atoms with E-state index >= 15 is 0 Å². The molecule has 0 radical (unpaired) electrons. The zero-order chi connectivity index (χ0) is 18.5. The molecule has 8 nitrogen and oxygen atoms in total. The van der Waals surface area contributed by atoms with E-state index in [4.69, 9.17) is 29.1 Å². The Balaban J connectivity index is 1.56. The highest BCUT2D eigenvalue weighted by Gasteiger charge is 2.68. The minimum atomic E-state index is -1.03.